The van der Waals surface area contributed by atoms with Crippen molar-refractivity contribution < 1.29 is 22.4 Å². The first-order chi connectivity index (χ1) is 8.19. The Hall–Kier alpha value is -0.950. The van der Waals surface area contributed by atoms with Crippen molar-refractivity contribution >= 4 is 35.0 Å². The zero-order chi connectivity index (χ0) is 13.9. The summed E-state index contributed by atoms with van der Waals surface area (Å²) >= 11 is 6.06. The third kappa shape index (κ3) is 4.73. The number of rotatable bonds is 3. The van der Waals surface area contributed by atoms with Crippen LogP contribution in [0.4, 0.5) is 23.2 Å². The van der Waals surface area contributed by atoms with Crippen LogP contribution in [0, 0.1) is 5.82 Å². The Balaban J connectivity index is 2.94. The summed E-state index contributed by atoms with van der Waals surface area (Å²) in [7, 11) is 0. The average Bonchev–Trinajstić information content (AvgIpc) is 2.18. The van der Waals surface area contributed by atoms with Crippen LogP contribution >= 0.6 is 23.4 Å². The first-order valence-electron chi connectivity index (χ1n) is 4.65. The van der Waals surface area contributed by atoms with E-state index in [9.17, 15) is 22.4 Å². The molecular weight excluding hydrogens is 294 g/mol. The minimum atomic E-state index is -4.35. The predicted octanol–water partition coefficient (Wildman–Crippen LogP) is 4.09. The molecule has 0 radical (unpaired) electrons. The van der Waals surface area contributed by atoms with Crippen LogP contribution in [0.25, 0.3) is 0 Å². The molecule has 0 spiro atoms. The topological polar surface area (TPSA) is 29.1 Å². The third-order valence-corrected chi connectivity index (χ3v) is 3.27. The van der Waals surface area contributed by atoms with Crippen LogP contribution in [-0.2, 0) is 4.79 Å². The Kier molecular flexibility index (Phi) is 4.86. The second kappa shape index (κ2) is 5.79. The van der Waals surface area contributed by atoms with Crippen LogP contribution in [0.15, 0.2) is 17.0 Å². The fraction of sp³-hybridized carbons (Fsp3) is 0.300. The van der Waals surface area contributed by atoms with E-state index in [1.54, 1.807) is 0 Å². The standard InChI is InChI=1S/C10H8ClF4NOS/c1-5(17)16-8-3-9(6(11)2-7(8)12)18-4-10(13,14)15/h2-3H,4H2,1H3,(H,16,17). The number of halogens is 5. The van der Waals surface area contributed by atoms with E-state index in [1.807, 2.05) is 0 Å². The summed E-state index contributed by atoms with van der Waals surface area (Å²) in [4.78, 5) is 10.8. The number of thioether (sulfide) groups is 1. The van der Waals surface area contributed by atoms with Crippen molar-refractivity contribution in [1.29, 1.82) is 0 Å². The van der Waals surface area contributed by atoms with Gasteiger partial charge in [0.05, 0.1) is 16.5 Å². The van der Waals surface area contributed by atoms with Crippen molar-refractivity contribution in [3.8, 4) is 0 Å². The monoisotopic (exact) mass is 301 g/mol. The van der Waals surface area contributed by atoms with Crippen LogP contribution < -0.4 is 5.32 Å². The summed E-state index contributed by atoms with van der Waals surface area (Å²) in [5.41, 5.74) is -0.198. The molecule has 1 aromatic carbocycles. The molecule has 8 heteroatoms. The van der Waals surface area contributed by atoms with Gasteiger partial charge in [-0.3, -0.25) is 4.79 Å². The largest absolute Gasteiger partial charge is 0.398 e. The second-order valence-electron chi connectivity index (χ2n) is 3.35. The number of carbonyl (C=O) groups excluding carboxylic acids is 1. The van der Waals surface area contributed by atoms with E-state index in [-0.39, 0.29) is 15.6 Å². The van der Waals surface area contributed by atoms with E-state index in [4.69, 9.17) is 11.6 Å². The Morgan fingerprint density at radius 1 is 1.44 bits per heavy atom. The number of nitrogens with one attached hydrogen (secondary N) is 1. The summed E-state index contributed by atoms with van der Waals surface area (Å²) in [6.07, 6.45) is -4.35. The van der Waals surface area contributed by atoms with Gasteiger partial charge in [-0.2, -0.15) is 13.2 Å². The molecule has 0 unspecified atom stereocenters. The van der Waals surface area contributed by atoms with E-state index in [0.717, 1.165) is 19.1 Å². The molecule has 1 N–H and O–H groups in total. The van der Waals surface area contributed by atoms with E-state index in [2.05, 4.69) is 5.32 Å². The van der Waals surface area contributed by atoms with Gasteiger partial charge in [-0.25, -0.2) is 4.39 Å². The molecule has 0 saturated carbocycles. The van der Waals surface area contributed by atoms with Gasteiger partial charge in [-0.15, -0.1) is 11.8 Å². The van der Waals surface area contributed by atoms with Gasteiger partial charge in [0, 0.05) is 11.8 Å². The van der Waals surface area contributed by atoms with E-state index < -0.39 is 23.7 Å². The van der Waals surface area contributed by atoms with Crippen LogP contribution in [0.5, 0.6) is 0 Å². The zero-order valence-corrected chi connectivity index (χ0v) is 10.6. The lowest BCUT2D eigenvalue weighted by molar-refractivity contribution is -0.114. The first kappa shape index (κ1) is 15.1. The minimum Gasteiger partial charge on any atom is -0.324 e. The highest BCUT2D eigenvalue weighted by Crippen LogP contribution is 2.35. The SMILES string of the molecule is CC(=O)Nc1cc(SCC(F)(F)F)c(Cl)cc1F. The number of carbonyl (C=O) groups is 1. The smallest absolute Gasteiger partial charge is 0.324 e. The van der Waals surface area contributed by atoms with Crippen LogP contribution in [0.2, 0.25) is 5.02 Å². The summed E-state index contributed by atoms with van der Waals surface area (Å²) in [5, 5.41) is 2.04. The summed E-state index contributed by atoms with van der Waals surface area (Å²) in [5.74, 6) is -2.47. The molecule has 100 valence electrons. The van der Waals surface area contributed by atoms with Gasteiger partial charge in [0.2, 0.25) is 5.91 Å². The van der Waals surface area contributed by atoms with E-state index in [1.165, 1.54) is 0 Å². The number of hydrogen-bond acceptors (Lipinski definition) is 2. The number of alkyl halides is 3. The van der Waals surface area contributed by atoms with Crippen molar-refractivity contribution in [1.82, 2.24) is 0 Å². The second-order valence-corrected chi connectivity index (χ2v) is 4.77. The van der Waals surface area contributed by atoms with Gasteiger partial charge >= 0.3 is 6.18 Å². The third-order valence-electron chi connectivity index (χ3n) is 1.72. The number of anilines is 1. The quantitative estimate of drug-likeness (QED) is 0.673. The minimum absolute atomic E-state index is 0.0548. The lowest BCUT2D eigenvalue weighted by atomic mass is 10.3. The van der Waals surface area contributed by atoms with Crippen molar-refractivity contribution in [2.75, 3.05) is 11.1 Å². The Morgan fingerprint density at radius 3 is 2.56 bits per heavy atom. The van der Waals surface area contributed by atoms with Crippen molar-refractivity contribution in [3.05, 3.63) is 23.0 Å². The molecule has 2 nitrogen and oxygen atoms in total. The van der Waals surface area contributed by atoms with Gasteiger partial charge in [-0.05, 0) is 12.1 Å². The molecule has 1 amide bonds. The number of benzene rings is 1. The maximum Gasteiger partial charge on any atom is 0.398 e. The van der Waals surface area contributed by atoms with Gasteiger partial charge in [0.25, 0.3) is 0 Å². The van der Waals surface area contributed by atoms with Crippen molar-refractivity contribution in [2.24, 2.45) is 0 Å². The van der Waals surface area contributed by atoms with Crippen molar-refractivity contribution in [3.63, 3.8) is 0 Å². The summed E-state index contributed by atoms with van der Waals surface area (Å²) in [6.45, 7) is 1.16. The molecule has 0 aliphatic rings. The van der Waals surface area contributed by atoms with Crippen LogP contribution in [-0.4, -0.2) is 17.8 Å². The molecule has 0 aliphatic heterocycles. The molecule has 1 rings (SSSR count). The molecule has 0 saturated heterocycles. The van der Waals surface area contributed by atoms with E-state index in [0.29, 0.717) is 11.8 Å². The molecule has 18 heavy (non-hydrogen) atoms. The number of amides is 1. The van der Waals surface area contributed by atoms with Crippen LogP contribution in [0.1, 0.15) is 6.92 Å². The van der Waals surface area contributed by atoms with Gasteiger partial charge in [-0.1, -0.05) is 11.6 Å². The van der Waals surface area contributed by atoms with E-state index >= 15 is 0 Å². The zero-order valence-electron chi connectivity index (χ0n) is 9.07. The normalized spacial score (nSPS) is 11.4. The molecule has 0 aliphatic carbocycles. The first-order valence-corrected chi connectivity index (χ1v) is 6.01. The lowest BCUT2D eigenvalue weighted by Crippen LogP contribution is -2.11. The van der Waals surface area contributed by atoms with Crippen molar-refractivity contribution in [2.45, 2.75) is 18.0 Å². The molecule has 0 aromatic heterocycles. The molecule has 0 fully saturated rings. The maximum absolute atomic E-state index is 13.3. The Bertz CT molecular complexity index is 464. The Morgan fingerprint density at radius 2 is 2.06 bits per heavy atom. The highest BCUT2D eigenvalue weighted by atomic mass is 35.5. The summed E-state index contributed by atoms with van der Waals surface area (Å²) in [6, 6.07) is 1.95. The predicted molar refractivity (Wildman–Crippen MR) is 62.5 cm³/mol. The number of hydrogen-bond donors (Lipinski definition) is 1. The maximum atomic E-state index is 13.3. The van der Waals surface area contributed by atoms with Gasteiger partial charge in [0.15, 0.2) is 0 Å². The lowest BCUT2D eigenvalue weighted by Gasteiger charge is -2.10. The summed E-state index contributed by atoms with van der Waals surface area (Å²) < 4.78 is 49.5. The molecule has 0 bridgehead atoms. The molecular formula is C10H8ClF4NOS. The molecule has 0 heterocycles. The highest BCUT2D eigenvalue weighted by Gasteiger charge is 2.28. The molecule has 1 aromatic rings. The van der Waals surface area contributed by atoms with Gasteiger partial charge < -0.3 is 5.32 Å². The fourth-order valence-corrected chi connectivity index (χ4v) is 2.12. The average molecular weight is 302 g/mol. The fourth-order valence-electron chi connectivity index (χ4n) is 1.08. The van der Waals surface area contributed by atoms with Crippen LogP contribution in [0.3, 0.4) is 0 Å². The molecule has 0 atom stereocenters. The highest BCUT2D eigenvalue weighted by molar-refractivity contribution is 7.99. The van der Waals surface area contributed by atoms with Gasteiger partial charge in [0.1, 0.15) is 5.82 Å². The Labute approximate surface area is 110 Å².